The van der Waals surface area contributed by atoms with Crippen molar-refractivity contribution < 1.29 is 9.90 Å². The van der Waals surface area contributed by atoms with Crippen LogP contribution in [-0.4, -0.2) is 26.9 Å². The Labute approximate surface area is 155 Å². The summed E-state index contributed by atoms with van der Waals surface area (Å²) in [6.45, 7) is 6.05. The number of nitrogens with zero attached hydrogens (tertiary/aromatic N) is 2. The van der Waals surface area contributed by atoms with Crippen LogP contribution in [0, 0.1) is 0 Å². The second-order valence-corrected chi connectivity index (χ2v) is 8.08. The van der Waals surface area contributed by atoms with Crippen molar-refractivity contribution in [2.75, 3.05) is 5.32 Å². The van der Waals surface area contributed by atoms with E-state index in [1.165, 1.54) is 11.3 Å². The average Bonchev–Trinajstić information content (AvgIpc) is 3.09. The first kappa shape index (κ1) is 17.8. The Morgan fingerprint density at radius 3 is 2.68 bits per heavy atom. The molecule has 3 rings (SSSR count). The number of carboxylic acid groups (broad SMARTS) is 1. The van der Waals surface area contributed by atoms with Crippen LogP contribution in [0.5, 0.6) is 0 Å². The zero-order valence-electron chi connectivity index (χ0n) is 14.3. The molecule has 0 fully saturated rings. The number of benzene rings is 1. The van der Waals surface area contributed by atoms with Gasteiger partial charge in [0.05, 0.1) is 21.2 Å². The lowest BCUT2D eigenvalue weighted by Gasteiger charge is -2.13. The van der Waals surface area contributed by atoms with Crippen LogP contribution in [-0.2, 0) is 4.79 Å². The van der Waals surface area contributed by atoms with Crippen molar-refractivity contribution in [2.24, 2.45) is 0 Å². The van der Waals surface area contributed by atoms with Crippen LogP contribution < -0.4 is 5.32 Å². The number of halogens is 1. The van der Waals surface area contributed by atoms with Crippen LogP contribution in [0.4, 0.5) is 5.69 Å². The zero-order valence-corrected chi connectivity index (χ0v) is 15.9. The van der Waals surface area contributed by atoms with Gasteiger partial charge in [-0.1, -0.05) is 11.6 Å². The Hall–Kier alpha value is -2.05. The van der Waals surface area contributed by atoms with Gasteiger partial charge in [0, 0.05) is 23.2 Å². The summed E-state index contributed by atoms with van der Waals surface area (Å²) >= 11 is 7.60. The number of hydrogen-bond acceptors (Lipinski definition) is 4. The molecule has 132 valence electrons. The zero-order chi connectivity index (χ0) is 18.1. The first-order chi connectivity index (χ1) is 11.8. The van der Waals surface area contributed by atoms with Gasteiger partial charge in [0.15, 0.2) is 0 Å². The van der Waals surface area contributed by atoms with E-state index in [4.69, 9.17) is 21.8 Å². The summed E-state index contributed by atoms with van der Waals surface area (Å²) in [5, 5.41) is 18.0. The van der Waals surface area contributed by atoms with Crippen molar-refractivity contribution in [3.05, 3.63) is 34.7 Å². The van der Waals surface area contributed by atoms with Gasteiger partial charge in [0.2, 0.25) is 0 Å². The Morgan fingerprint density at radius 2 is 2.08 bits per heavy atom. The van der Waals surface area contributed by atoms with E-state index < -0.39 is 5.97 Å². The highest BCUT2D eigenvalue weighted by Crippen LogP contribution is 2.36. The second kappa shape index (κ2) is 7.06. The average molecular weight is 378 g/mol. The number of aromatic nitrogens is 2. The summed E-state index contributed by atoms with van der Waals surface area (Å²) in [5.74, 6) is -0.817. The van der Waals surface area contributed by atoms with Crippen LogP contribution in [0.3, 0.4) is 0 Å². The van der Waals surface area contributed by atoms with E-state index in [9.17, 15) is 4.79 Å². The molecule has 5 nitrogen and oxygen atoms in total. The summed E-state index contributed by atoms with van der Waals surface area (Å²) in [7, 11) is 0. The minimum Gasteiger partial charge on any atom is -0.481 e. The first-order valence-corrected chi connectivity index (χ1v) is 9.31. The number of fused-ring (bicyclic) bond motifs is 1. The number of carboxylic acids is 1. The van der Waals surface area contributed by atoms with Crippen LogP contribution in [0.2, 0.25) is 4.34 Å². The molecule has 0 radical (unpaired) electrons. The highest BCUT2D eigenvalue weighted by molar-refractivity contribution is 7.19. The molecular formula is C18H20ClN3O2S. The van der Waals surface area contributed by atoms with Crippen LogP contribution >= 0.6 is 22.9 Å². The molecule has 7 heteroatoms. The molecule has 2 heterocycles. The number of aliphatic carboxylic acids is 1. The molecule has 0 bridgehead atoms. The lowest BCUT2D eigenvalue weighted by Crippen LogP contribution is -2.19. The largest absolute Gasteiger partial charge is 0.481 e. The van der Waals surface area contributed by atoms with Crippen LogP contribution in [0.25, 0.3) is 21.5 Å². The van der Waals surface area contributed by atoms with E-state index in [1.807, 2.05) is 41.9 Å². The fourth-order valence-corrected chi connectivity index (χ4v) is 3.89. The summed E-state index contributed by atoms with van der Waals surface area (Å²) in [6, 6.07) is 9.95. The maximum absolute atomic E-state index is 10.9. The molecular weight excluding hydrogens is 358 g/mol. The van der Waals surface area contributed by atoms with E-state index >= 15 is 0 Å². The maximum Gasteiger partial charge on any atom is 0.305 e. The Kier molecular flexibility index (Phi) is 5.01. The summed E-state index contributed by atoms with van der Waals surface area (Å²) in [6.07, 6.45) is 0.0662. The van der Waals surface area contributed by atoms with Gasteiger partial charge in [-0.15, -0.1) is 11.3 Å². The predicted molar refractivity (Wildman–Crippen MR) is 104 cm³/mol. The molecule has 0 aliphatic rings. The minimum absolute atomic E-state index is 0.0662. The molecule has 0 aliphatic carbocycles. The third-order valence-electron chi connectivity index (χ3n) is 3.90. The van der Waals surface area contributed by atoms with Gasteiger partial charge in [0.1, 0.15) is 5.69 Å². The quantitative estimate of drug-likeness (QED) is 0.613. The van der Waals surface area contributed by atoms with Gasteiger partial charge < -0.3 is 10.4 Å². The van der Waals surface area contributed by atoms with Crippen molar-refractivity contribution in [3.8, 4) is 10.6 Å². The molecule has 25 heavy (non-hydrogen) atoms. The first-order valence-electron chi connectivity index (χ1n) is 8.11. The number of carbonyl (C=O) groups is 1. The number of hydrogen-bond donors (Lipinski definition) is 2. The number of thiophene rings is 1. The van der Waals surface area contributed by atoms with E-state index in [0.717, 1.165) is 31.5 Å². The fraction of sp³-hybridized carbons (Fsp3) is 0.333. The maximum atomic E-state index is 10.9. The van der Waals surface area contributed by atoms with Gasteiger partial charge >= 0.3 is 5.97 Å². The van der Waals surface area contributed by atoms with E-state index in [-0.39, 0.29) is 18.5 Å². The standard InChI is InChI=1S/C18H20ClN3O2S/c1-10(2)22-14-5-4-12(20-11(3)8-17(23)24)9-13(14)18(21-22)15-6-7-16(19)25-15/h4-7,9-11,20H,8H2,1-3H3,(H,23,24). The third-order valence-corrected chi connectivity index (χ3v) is 5.13. The molecule has 3 aromatic rings. The van der Waals surface area contributed by atoms with Gasteiger partial charge in [0.25, 0.3) is 0 Å². The highest BCUT2D eigenvalue weighted by Gasteiger charge is 2.17. The molecule has 2 aromatic heterocycles. The number of rotatable bonds is 6. The van der Waals surface area contributed by atoms with Crippen molar-refractivity contribution in [3.63, 3.8) is 0 Å². The van der Waals surface area contributed by atoms with Gasteiger partial charge in [-0.25, -0.2) is 0 Å². The topological polar surface area (TPSA) is 67.2 Å². The number of anilines is 1. The normalized spacial score (nSPS) is 12.7. The molecule has 2 N–H and O–H groups in total. The third kappa shape index (κ3) is 3.80. The lowest BCUT2D eigenvalue weighted by molar-refractivity contribution is -0.137. The van der Waals surface area contributed by atoms with Gasteiger partial charge in [-0.05, 0) is 51.1 Å². The van der Waals surface area contributed by atoms with Gasteiger partial charge in [-0.2, -0.15) is 5.10 Å². The smallest absolute Gasteiger partial charge is 0.305 e. The summed E-state index contributed by atoms with van der Waals surface area (Å²) in [4.78, 5) is 11.9. The second-order valence-electron chi connectivity index (χ2n) is 6.37. The predicted octanol–water partition coefficient (Wildman–Crippen LogP) is 5.27. The van der Waals surface area contributed by atoms with E-state index in [2.05, 4.69) is 19.2 Å². The summed E-state index contributed by atoms with van der Waals surface area (Å²) < 4.78 is 2.73. The Morgan fingerprint density at radius 1 is 1.32 bits per heavy atom. The molecule has 0 saturated heterocycles. The van der Waals surface area contributed by atoms with Crippen molar-refractivity contribution in [1.82, 2.24) is 9.78 Å². The van der Waals surface area contributed by atoms with Crippen LogP contribution in [0.1, 0.15) is 33.2 Å². The SMILES string of the molecule is CC(CC(=O)O)Nc1ccc2c(c1)c(-c1ccc(Cl)s1)nn2C(C)C. The summed E-state index contributed by atoms with van der Waals surface area (Å²) in [5.41, 5.74) is 2.83. The molecule has 0 saturated carbocycles. The lowest BCUT2D eigenvalue weighted by atomic mass is 10.1. The highest BCUT2D eigenvalue weighted by atomic mass is 35.5. The van der Waals surface area contributed by atoms with Crippen molar-refractivity contribution in [2.45, 2.75) is 39.3 Å². The number of nitrogens with one attached hydrogen (secondary N) is 1. The van der Waals surface area contributed by atoms with Crippen LogP contribution in [0.15, 0.2) is 30.3 Å². The molecule has 0 amide bonds. The van der Waals surface area contributed by atoms with E-state index in [1.54, 1.807) is 0 Å². The molecule has 0 spiro atoms. The van der Waals surface area contributed by atoms with Crippen molar-refractivity contribution >= 4 is 45.5 Å². The molecule has 1 unspecified atom stereocenters. The molecule has 1 atom stereocenters. The van der Waals surface area contributed by atoms with Gasteiger partial charge in [-0.3, -0.25) is 9.48 Å². The monoisotopic (exact) mass is 377 g/mol. The Bertz CT molecular complexity index is 916. The van der Waals surface area contributed by atoms with Crippen molar-refractivity contribution in [1.29, 1.82) is 0 Å². The fourth-order valence-electron chi connectivity index (χ4n) is 2.85. The molecule has 1 aromatic carbocycles. The van der Waals surface area contributed by atoms with E-state index in [0.29, 0.717) is 0 Å². The minimum atomic E-state index is -0.817. The molecule has 0 aliphatic heterocycles. The Balaban J connectivity index is 2.06.